The average molecular weight is 420 g/mol. The third-order valence-electron chi connectivity index (χ3n) is 5.16. The minimum absolute atomic E-state index is 0.768. The Morgan fingerprint density at radius 3 is 2.03 bits per heavy atom. The molecule has 0 heterocycles. The number of hydrogen-bond donors (Lipinski definition) is 0. The number of aliphatic imine (C=N–C) groups is 1. The summed E-state index contributed by atoms with van der Waals surface area (Å²) in [6, 6.07) is 20.1. The van der Waals surface area contributed by atoms with Gasteiger partial charge in [-0.3, -0.25) is 4.99 Å². The van der Waals surface area contributed by atoms with Crippen LogP contribution in [0, 0.1) is 37.5 Å². The highest BCUT2D eigenvalue weighted by molar-refractivity contribution is 5.56. The first kappa shape index (κ1) is 22.9. The Kier molecular flexibility index (Phi) is 8.30. The van der Waals surface area contributed by atoms with Gasteiger partial charge in [0.1, 0.15) is 5.75 Å². The van der Waals surface area contributed by atoms with Crippen molar-refractivity contribution in [1.29, 1.82) is 0 Å². The molecule has 0 atom stereocenters. The molecule has 0 radical (unpaired) electrons. The fraction of sp³-hybridized carbons (Fsp3) is 0.233. The molecule has 0 amide bonds. The van der Waals surface area contributed by atoms with Crippen molar-refractivity contribution in [2.45, 2.75) is 40.0 Å². The van der Waals surface area contributed by atoms with E-state index in [1.54, 1.807) is 0 Å². The van der Waals surface area contributed by atoms with E-state index in [-0.39, 0.29) is 0 Å². The Balaban J connectivity index is 1.66. The molecular weight excluding hydrogens is 390 g/mol. The molecule has 2 heteroatoms. The third kappa shape index (κ3) is 6.63. The Bertz CT molecular complexity index is 1200. The van der Waals surface area contributed by atoms with Crippen LogP contribution in [0.15, 0.2) is 65.7 Å². The summed E-state index contributed by atoms with van der Waals surface area (Å²) in [7, 11) is 0. The molecule has 0 bridgehead atoms. The number of hydrogen-bond acceptors (Lipinski definition) is 2. The van der Waals surface area contributed by atoms with E-state index in [1.165, 1.54) is 12.8 Å². The molecule has 0 N–H and O–H groups in total. The zero-order chi connectivity index (χ0) is 22.8. The molecular formula is C30H29NO. The van der Waals surface area contributed by atoms with Crippen molar-refractivity contribution in [1.82, 2.24) is 0 Å². The normalized spacial score (nSPS) is 9.84. The Morgan fingerprint density at radius 2 is 1.38 bits per heavy atom. The van der Waals surface area contributed by atoms with E-state index in [4.69, 9.17) is 4.74 Å². The van der Waals surface area contributed by atoms with Crippen LogP contribution in [0.4, 0.5) is 5.69 Å². The Labute approximate surface area is 192 Å². The second kappa shape index (κ2) is 11.6. The van der Waals surface area contributed by atoms with Crippen molar-refractivity contribution in [3.63, 3.8) is 0 Å². The number of unbranched alkanes of at least 4 members (excludes halogenated alkanes) is 2. The minimum Gasteiger partial charge on any atom is -0.494 e. The second-order valence-corrected chi connectivity index (χ2v) is 7.77. The van der Waals surface area contributed by atoms with Gasteiger partial charge in [0.05, 0.1) is 12.3 Å². The second-order valence-electron chi connectivity index (χ2n) is 7.77. The average Bonchev–Trinajstić information content (AvgIpc) is 2.81. The summed E-state index contributed by atoms with van der Waals surface area (Å²) < 4.78 is 5.76. The van der Waals surface area contributed by atoms with Crippen molar-refractivity contribution >= 4 is 12.4 Å². The van der Waals surface area contributed by atoms with Crippen molar-refractivity contribution in [2.75, 3.05) is 6.61 Å². The molecule has 160 valence electrons. The first-order chi connectivity index (χ1) is 15.6. The van der Waals surface area contributed by atoms with Gasteiger partial charge in [-0.1, -0.05) is 43.4 Å². The zero-order valence-electron chi connectivity index (χ0n) is 19.2. The summed E-state index contributed by atoms with van der Waals surface area (Å²) in [6.45, 7) is 10.6. The van der Waals surface area contributed by atoms with Crippen LogP contribution in [-0.2, 0) is 0 Å². The molecule has 0 saturated heterocycles. The zero-order valence-corrected chi connectivity index (χ0v) is 19.2. The van der Waals surface area contributed by atoms with Gasteiger partial charge in [0.25, 0.3) is 0 Å². The predicted molar refractivity (Wildman–Crippen MR) is 135 cm³/mol. The number of aryl methyl sites for hydroxylation is 2. The van der Waals surface area contributed by atoms with Gasteiger partial charge >= 0.3 is 0 Å². The summed E-state index contributed by atoms with van der Waals surface area (Å²) in [5.74, 6) is 13.9. The number of rotatable bonds is 6. The van der Waals surface area contributed by atoms with Crippen LogP contribution in [0.1, 0.15) is 59.6 Å². The first-order valence-electron chi connectivity index (χ1n) is 11.0. The van der Waals surface area contributed by atoms with Gasteiger partial charge in [0, 0.05) is 22.3 Å². The van der Waals surface area contributed by atoms with E-state index in [0.717, 1.165) is 57.8 Å². The highest BCUT2D eigenvalue weighted by Gasteiger charge is 1.99. The van der Waals surface area contributed by atoms with Crippen LogP contribution >= 0.6 is 0 Å². The molecule has 0 aromatic heterocycles. The maximum atomic E-state index is 5.76. The Hall–Kier alpha value is -3.75. The lowest BCUT2D eigenvalue weighted by Gasteiger charge is -2.05. The lowest BCUT2D eigenvalue weighted by atomic mass is 10.0. The lowest BCUT2D eigenvalue weighted by molar-refractivity contribution is 0.306. The van der Waals surface area contributed by atoms with Crippen LogP contribution < -0.4 is 4.74 Å². The monoisotopic (exact) mass is 419 g/mol. The molecule has 3 aromatic rings. The molecule has 0 fully saturated rings. The van der Waals surface area contributed by atoms with Crippen molar-refractivity contribution in [2.24, 2.45) is 4.99 Å². The standard InChI is InChI=1S/C30H29NO/c1-5-6-7-20-32-29-17-12-25(13-18-29)8-9-26-10-15-28(23(2)21-26)16-11-27-14-19-30(31-4)24(3)22-27/h10,12-15,17-19,21-22H,4-7,20H2,1-3H3. The highest BCUT2D eigenvalue weighted by Crippen LogP contribution is 2.19. The SMILES string of the molecule is C=Nc1ccc(C#Cc2ccc(C#Cc3ccc(OCCCCC)cc3)cc2C)cc1C. The maximum absolute atomic E-state index is 5.76. The van der Waals surface area contributed by atoms with Gasteiger partial charge in [-0.05, 0) is 98.8 Å². The Morgan fingerprint density at radius 1 is 0.750 bits per heavy atom. The molecule has 0 aliphatic carbocycles. The van der Waals surface area contributed by atoms with Crippen molar-refractivity contribution < 1.29 is 4.74 Å². The number of nitrogens with zero attached hydrogens (tertiary/aromatic N) is 1. The van der Waals surface area contributed by atoms with E-state index in [2.05, 4.69) is 55.3 Å². The maximum Gasteiger partial charge on any atom is 0.119 e. The summed E-state index contributed by atoms with van der Waals surface area (Å²) in [6.07, 6.45) is 3.50. The van der Waals surface area contributed by atoms with Crippen molar-refractivity contribution in [3.05, 3.63) is 94.0 Å². The molecule has 0 aliphatic heterocycles. The lowest BCUT2D eigenvalue weighted by Crippen LogP contribution is -1.96. The highest BCUT2D eigenvalue weighted by atomic mass is 16.5. The van der Waals surface area contributed by atoms with E-state index >= 15 is 0 Å². The topological polar surface area (TPSA) is 21.6 Å². The molecule has 0 spiro atoms. The van der Waals surface area contributed by atoms with Gasteiger partial charge < -0.3 is 4.74 Å². The van der Waals surface area contributed by atoms with E-state index in [9.17, 15) is 0 Å². The number of benzene rings is 3. The summed E-state index contributed by atoms with van der Waals surface area (Å²) >= 11 is 0. The molecule has 3 rings (SSSR count). The van der Waals surface area contributed by atoms with E-state index in [0.29, 0.717) is 0 Å². The molecule has 32 heavy (non-hydrogen) atoms. The number of ether oxygens (including phenoxy) is 1. The first-order valence-corrected chi connectivity index (χ1v) is 11.0. The van der Waals surface area contributed by atoms with Crippen LogP contribution in [0.25, 0.3) is 0 Å². The van der Waals surface area contributed by atoms with Crippen molar-refractivity contribution in [3.8, 4) is 29.4 Å². The minimum atomic E-state index is 0.768. The van der Waals surface area contributed by atoms with Gasteiger partial charge in [0.2, 0.25) is 0 Å². The van der Waals surface area contributed by atoms with Crippen LogP contribution in [-0.4, -0.2) is 13.3 Å². The van der Waals surface area contributed by atoms with E-state index in [1.807, 2.05) is 61.5 Å². The summed E-state index contributed by atoms with van der Waals surface area (Å²) in [4.78, 5) is 4.00. The van der Waals surface area contributed by atoms with Crippen LogP contribution in [0.2, 0.25) is 0 Å². The van der Waals surface area contributed by atoms with Gasteiger partial charge in [-0.2, -0.15) is 0 Å². The molecule has 0 saturated carbocycles. The van der Waals surface area contributed by atoms with E-state index < -0.39 is 0 Å². The molecule has 3 aromatic carbocycles. The largest absolute Gasteiger partial charge is 0.494 e. The molecule has 0 unspecified atom stereocenters. The summed E-state index contributed by atoms with van der Waals surface area (Å²) in [5.41, 5.74) is 7.00. The van der Waals surface area contributed by atoms with Gasteiger partial charge in [0.15, 0.2) is 0 Å². The summed E-state index contributed by atoms with van der Waals surface area (Å²) in [5, 5.41) is 0. The fourth-order valence-electron chi connectivity index (χ4n) is 3.25. The third-order valence-corrected chi connectivity index (χ3v) is 5.16. The molecule has 2 nitrogen and oxygen atoms in total. The van der Waals surface area contributed by atoms with Crippen LogP contribution in [0.5, 0.6) is 5.75 Å². The quantitative estimate of drug-likeness (QED) is 0.239. The molecule has 0 aliphatic rings. The van der Waals surface area contributed by atoms with Crippen LogP contribution in [0.3, 0.4) is 0 Å². The smallest absolute Gasteiger partial charge is 0.119 e. The fourth-order valence-corrected chi connectivity index (χ4v) is 3.25. The predicted octanol–water partition coefficient (Wildman–Crippen LogP) is 7.00. The van der Waals surface area contributed by atoms with Gasteiger partial charge in [-0.15, -0.1) is 0 Å². The van der Waals surface area contributed by atoms with Gasteiger partial charge in [-0.25, -0.2) is 0 Å².